The van der Waals surface area contributed by atoms with E-state index in [-0.39, 0.29) is 5.76 Å². The van der Waals surface area contributed by atoms with Crippen molar-refractivity contribution in [2.24, 2.45) is 0 Å². The van der Waals surface area contributed by atoms with Crippen LogP contribution in [0.5, 0.6) is 0 Å². The number of rotatable bonds is 11. The van der Waals surface area contributed by atoms with Crippen LogP contribution in [-0.2, 0) is 0 Å². The largest absolute Gasteiger partial charge is 0.512 e. The van der Waals surface area contributed by atoms with Crippen molar-refractivity contribution in [3.8, 4) is 0 Å². The molecule has 0 aliphatic carbocycles. The Kier molecular flexibility index (Phi) is 12.7. The smallest absolute Gasteiger partial charge is 0.192 e. The molecule has 20 heavy (non-hydrogen) atoms. The van der Waals surface area contributed by atoms with Crippen molar-refractivity contribution in [2.75, 3.05) is 0 Å². The fraction of sp³-hybridized carbons (Fsp3) is 0.529. The second-order valence-corrected chi connectivity index (χ2v) is 4.79. The molecule has 3 nitrogen and oxygen atoms in total. The molecule has 0 aromatic heterocycles. The Bertz CT molecular complexity index is 338. The molecule has 114 valence electrons. The third-order valence-corrected chi connectivity index (χ3v) is 2.97. The molecule has 0 fully saturated rings. The van der Waals surface area contributed by atoms with E-state index in [9.17, 15) is 5.11 Å². The highest BCUT2D eigenvalue weighted by Gasteiger charge is 1.95. The van der Waals surface area contributed by atoms with Gasteiger partial charge >= 0.3 is 0 Å². The van der Waals surface area contributed by atoms with Crippen molar-refractivity contribution in [3.05, 3.63) is 48.2 Å². The highest BCUT2D eigenvalue weighted by Crippen LogP contribution is 2.08. The first-order valence-electron chi connectivity index (χ1n) is 7.48. The van der Waals surface area contributed by atoms with Crippen LogP contribution in [0.15, 0.2) is 48.2 Å². The van der Waals surface area contributed by atoms with Crippen LogP contribution in [0.25, 0.3) is 0 Å². The van der Waals surface area contributed by atoms with Crippen LogP contribution in [0, 0.1) is 0 Å². The highest BCUT2D eigenvalue weighted by atomic mass is 16.3. The molecule has 0 atom stereocenters. The van der Waals surface area contributed by atoms with Gasteiger partial charge in [0.05, 0.1) is 0 Å². The minimum Gasteiger partial charge on any atom is -0.512 e. The van der Waals surface area contributed by atoms with Crippen molar-refractivity contribution in [2.45, 2.75) is 58.3 Å². The van der Waals surface area contributed by atoms with Gasteiger partial charge in [-0.05, 0) is 18.9 Å². The van der Waals surface area contributed by atoms with Gasteiger partial charge in [0.2, 0.25) is 0 Å². The van der Waals surface area contributed by atoms with E-state index in [4.69, 9.17) is 10.2 Å². The van der Waals surface area contributed by atoms with Gasteiger partial charge in [0.15, 0.2) is 11.5 Å². The predicted octanol–water partition coefficient (Wildman–Crippen LogP) is 5.64. The zero-order valence-corrected chi connectivity index (χ0v) is 12.5. The molecule has 0 aromatic rings. The molecule has 0 saturated carbocycles. The SMILES string of the molecule is CCCCCCCCCC=CC=CC=C(O)C(O)=CO. The van der Waals surface area contributed by atoms with Crippen LogP contribution in [0.3, 0.4) is 0 Å². The van der Waals surface area contributed by atoms with Crippen LogP contribution in [0.4, 0.5) is 0 Å². The van der Waals surface area contributed by atoms with Crippen molar-refractivity contribution in [1.82, 2.24) is 0 Å². The van der Waals surface area contributed by atoms with E-state index in [1.165, 1.54) is 51.0 Å². The van der Waals surface area contributed by atoms with Gasteiger partial charge in [-0.25, -0.2) is 0 Å². The number of aliphatic hydroxyl groups is 3. The van der Waals surface area contributed by atoms with Gasteiger partial charge in [0.25, 0.3) is 0 Å². The summed E-state index contributed by atoms with van der Waals surface area (Å²) in [6.07, 6.45) is 19.4. The Morgan fingerprint density at radius 1 is 0.800 bits per heavy atom. The van der Waals surface area contributed by atoms with Gasteiger partial charge in [-0.3, -0.25) is 0 Å². The van der Waals surface area contributed by atoms with Crippen LogP contribution < -0.4 is 0 Å². The summed E-state index contributed by atoms with van der Waals surface area (Å²) in [7, 11) is 0. The Morgan fingerprint density at radius 3 is 2.10 bits per heavy atom. The van der Waals surface area contributed by atoms with Gasteiger partial charge in [-0.1, -0.05) is 69.8 Å². The molecule has 0 rings (SSSR count). The molecule has 0 amide bonds. The molecule has 0 bridgehead atoms. The molecule has 3 N–H and O–H groups in total. The summed E-state index contributed by atoms with van der Waals surface area (Å²) in [4.78, 5) is 0. The van der Waals surface area contributed by atoms with Crippen molar-refractivity contribution in [1.29, 1.82) is 0 Å². The Morgan fingerprint density at radius 2 is 1.45 bits per heavy atom. The summed E-state index contributed by atoms with van der Waals surface area (Å²) < 4.78 is 0. The molecule has 0 aliphatic rings. The molecule has 0 heterocycles. The zero-order valence-electron chi connectivity index (χ0n) is 12.5. The van der Waals surface area contributed by atoms with E-state index < -0.39 is 5.76 Å². The number of aliphatic hydroxyl groups excluding tert-OH is 3. The van der Waals surface area contributed by atoms with Gasteiger partial charge in [-0.15, -0.1) is 0 Å². The van der Waals surface area contributed by atoms with Crippen LogP contribution in [0.1, 0.15) is 58.3 Å². The fourth-order valence-corrected chi connectivity index (χ4v) is 1.76. The minimum atomic E-state index is -0.540. The van der Waals surface area contributed by atoms with Gasteiger partial charge in [0, 0.05) is 0 Å². The van der Waals surface area contributed by atoms with E-state index in [0.29, 0.717) is 6.26 Å². The van der Waals surface area contributed by atoms with E-state index >= 15 is 0 Å². The Labute approximate surface area is 122 Å². The van der Waals surface area contributed by atoms with E-state index in [0.717, 1.165) is 6.42 Å². The zero-order chi connectivity index (χ0) is 15.1. The van der Waals surface area contributed by atoms with Crippen LogP contribution in [0.2, 0.25) is 0 Å². The third-order valence-electron chi connectivity index (χ3n) is 2.97. The van der Waals surface area contributed by atoms with Gasteiger partial charge < -0.3 is 15.3 Å². The first kappa shape index (κ1) is 18.4. The second-order valence-electron chi connectivity index (χ2n) is 4.79. The molecular formula is C17H28O3. The van der Waals surface area contributed by atoms with E-state index in [2.05, 4.69) is 13.0 Å². The average Bonchev–Trinajstić information content (AvgIpc) is 2.47. The number of allylic oxidation sites excluding steroid dienone is 5. The first-order valence-corrected chi connectivity index (χ1v) is 7.48. The maximum Gasteiger partial charge on any atom is 0.192 e. The topological polar surface area (TPSA) is 60.7 Å². The molecule has 0 radical (unpaired) electrons. The van der Waals surface area contributed by atoms with Crippen LogP contribution >= 0.6 is 0 Å². The fourth-order valence-electron chi connectivity index (χ4n) is 1.76. The van der Waals surface area contributed by atoms with Gasteiger partial charge in [-0.2, -0.15) is 0 Å². The quantitative estimate of drug-likeness (QED) is 0.261. The van der Waals surface area contributed by atoms with E-state index in [1.807, 2.05) is 6.08 Å². The summed E-state index contributed by atoms with van der Waals surface area (Å²) in [5, 5.41) is 26.6. The summed E-state index contributed by atoms with van der Waals surface area (Å²) in [6, 6.07) is 0. The lowest BCUT2D eigenvalue weighted by atomic mass is 10.1. The standard InChI is InChI=1S/C17H28O3/c1-2-3-4-5-6-7-8-9-10-11-12-13-14-16(19)17(20)15-18/h10-15,18-20H,2-9H2,1H3. The summed E-state index contributed by atoms with van der Waals surface area (Å²) in [5.74, 6) is -0.897. The normalized spacial score (nSPS) is 13.7. The van der Waals surface area contributed by atoms with Crippen molar-refractivity contribution >= 4 is 0 Å². The third kappa shape index (κ3) is 11.5. The lowest BCUT2D eigenvalue weighted by Crippen LogP contribution is -1.85. The highest BCUT2D eigenvalue weighted by molar-refractivity contribution is 5.22. The lowest BCUT2D eigenvalue weighted by Gasteiger charge is -1.98. The summed E-state index contributed by atoms with van der Waals surface area (Å²) >= 11 is 0. The lowest BCUT2D eigenvalue weighted by molar-refractivity contribution is 0.304. The second kappa shape index (κ2) is 13.8. The molecular weight excluding hydrogens is 252 g/mol. The Balaban J connectivity index is 3.57. The molecule has 0 aromatic carbocycles. The molecule has 3 heteroatoms. The average molecular weight is 280 g/mol. The molecule has 0 aliphatic heterocycles. The number of hydrogen-bond acceptors (Lipinski definition) is 3. The maximum atomic E-state index is 9.19. The number of hydrogen-bond donors (Lipinski definition) is 3. The molecule has 0 saturated heterocycles. The molecule has 0 spiro atoms. The van der Waals surface area contributed by atoms with Crippen molar-refractivity contribution < 1.29 is 15.3 Å². The molecule has 0 unspecified atom stereocenters. The monoisotopic (exact) mass is 280 g/mol. The summed E-state index contributed by atoms with van der Waals surface area (Å²) in [6.45, 7) is 2.23. The Hall–Kier alpha value is -1.64. The maximum absolute atomic E-state index is 9.19. The predicted molar refractivity (Wildman–Crippen MR) is 84.9 cm³/mol. The van der Waals surface area contributed by atoms with E-state index in [1.54, 1.807) is 12.2 Å². The van der Waals surface area contributed by atoms with Crippen LogP contribution in [-0.4, -0.2) is 15.3 Å². The van der Waals surface area contributed by atoms with Crippen molar-refractivity contribution in [3.63, 3.8) is 0 Å². The minimum absolute atomic E-state index is 0.357. The first-order chi connectivity index (χ1) is 9.72. The summed E-state index contributed by atoms with van der Waals surface area (Å²) in [5.41, 5.74) is 0. The number of unbranched alkanes of at least 4 members (excludes halogenated alkanes) is 7. The van der Waals surface area contributed by atoms with Gasteiger partial charge in [0.1, 0.15) is 6.26 Å².